The van der Waals surface area contributed by atoms with Crippen molar-refractivity contribution < 1.29 is 29.0 Å². The molecule has 1 spiro atoms. The summed E-state index contributed by atoms with van der Waals surface area (Å²) < 4.78 is 12.0. The van der Waals surface area contributed by atoms with E-state index in [1.54, 1.807) is 17.9 Å². The molecule has 0 aromatic heterocycles. The average Bonchev–Trinajstić information content (AvgIpc) is 3.24. The summed E-state index contributed by atoms with van der Waals surface area (Å²) >= 11 is 0. The lowest BCUT2D eigenvalue weighted by Gasteiger charge is -2.40. The number of likely N-dealkylation sites (tertiary alicyclic amines) is 1. The lowest BCUT2D eigenvalue weighted by molar-refractivity contribution is -0.163. The van der Waals surface area contributed by atoms with Crippen molar-refractivity contribution in [1.82, 2.24) is 9.80 Å². The maximum absolute atomic E-state index is 14.0. The molecule has 3 fully saturated rings. The van der Waals surface area contributed by atoms with Crippen LogP contribution in [0.15, 0.2) is 12.7 Å². The Morgan fingerprint density at radius 2 is 2.06 bits per heavy atom. The summed E-state index contributed by atoms with van der Waals surface area (Å²) in [5.41, 5.74) is -2.02. The number of hydrogen-bond acceptors (Lipinski definition) is 6. The van der Waals surface area contributed by atoms with Crippen LogP contribution in [-0.2, 0) is 23.9 Å². The quantitative estimate of drug-likeness (QED) is 0.425. The van der Waals surface area contributed by atoms with Crippen LogP contribution in [0.1, 0.15) is 54.4 Å². The second-order valence-corrected chi connectivity index (χ2v) is 9.82. The summed E-state index contributed by atoms with van der Waals surface area (Å²) in [6.07, 6.45) is 2.63. The van der Waals surface area contributed by atoms with E-state index in [1.165, 1.54) is 4.90 Å². The minimum absolute atomic E-state index is 0.0442. The van der Waals surface area contributed by atoms with Crippen molar-refractivity contribution in [1.29, 1.82) is 0 Å². The molecule has 0 aromatic rings. The molecule has 2 amide bonds. The second kappa shape index (κ2) is 8.78. The Bertz CT molecular complexity index is 780. The minimum Gasteiger partial charge on any atom is -0.466 e. The third-order valence-electron chi connectivity index (χ3n) is 7.83. The predicted octanol–water partition coefficient (Wildman–Crippen LogP) is 1.75. The van der Waals surface area contributed by atoms with Gasteiger partial charge in [-0.15, -0.1) is 6.58 Å². The molecule has 3 aliphatic heterocycles. The Hall–Kier alpha value is -1.93. The minimum atomic E-state index is -1.13. The van der Waals surface area contributed by atoms with Gasteiger partial charge in [0.1, 0.15) is 17.6 Å². The number of nitrogens with zero attached hydrogens (tertiary/aromatic N) is 2. The van der Waals surface area contributed by atoms with Crippen LogP contribution < -0.4 is 0 Å². The summed E-state index contributed by atoms with van der Waals surface area (Å²) in [6.45, 7) is 15.3. The van der Waals surface area contributed by atoms with Crippen LogP contribution in [0.2, 0.25) is 0 Å². The summed E-state index contributed by atoms with van der Waals surface area (Å²) in [7, 11) is 0. The van der Waals surface area contributed by atoms with Gasteiger partial charge in [0.15, 0.2) is 0 Å². The van der Waals surface area contributed by atoms with Gasteiger partial charge in [-0.25, -0.2) is 0 Å². The fourth-order valence-electron chi connectivity index (χ4n) is 6.20. The van der Waals surface area contributed by atoms with E-state index < -0.39 is 41.1 Å². The number of aliphatic hydroxyl groups is 1. The molecule has 8 heteroatoms. The molecule has 3 rings (SSSR count). The van der Waals surface area contributed by atoms with Crippen molar-refractivity contribution >= 4 is 17.8 Å². The molecule has 0 aliphatic carbocycles. The first-order valence-electron chi connectivity index (χ1n) is 11.8. The van der Waals surface area contributed by atoms with Crippen molar-refractivity contribution in [2.45, 2.75) is 83.7 Å². The van der Waals surface area contributed by atoms with Crippen LogP contribution in [-0.4, -0.2) is 81.8 Å². The number of carbonyl (C=O) groups excluding carboxylic acids is 3. The standard InChI is InChI=1S/C24H38N2O6/c1-8-11-25(14(4)5)21(29)19-24-12-15(6)23(7,32-24)18(22(30)31-10-3)17(24)20(28)26(19)16(9-2)13-27/h8,14-19,27H,1,9-13H2,2-7H3/t15?,16-,17-,18+,19?,23-,24?/m0/s1. The lowest BCUT2D eigenvalue weighted by atomic mass is 9.62. The van der Waals surface area contributed by atoms with Gasteiger partial charge >= 0.3 is 5.97 Å². The van der Waals surface area contributed by atoms with Crippen molar-refractivity contribution in [2.75, 3.05) is 19.8 Å². The van der Waals surface area contributed by atoms with Crippen LogP contribution >= 0.6 is 0 Å². The van der Waals surface area contributed by atoms with Gasteiger partial charge < -0.3 is 24.4 Å². The van der Waals surface area contributed by atoms with E-state index in [1.807, 2.05) is 34.6 Å². The van der Waals surface area contributed by atoms with Gasteiger partial charge in [0.05, 0.1) is 30.8 Å². The molecule has 32 heavy (non-hydrogen) atoms. The number of amides is 2. The molecule has 3 heterocycles. The zero-order chi connectivity index (χ0) is 24.0. The number of fused-ring (bicyclic) bond motifs is 1. The molecule has 7 atom stereocenters. The highest BCUT2D eigenvalue weighted by Gasteiger charge is 2.80. The van der Waals surface area contributed by atoms with Gasteiger partial charge in [0, 0.05) is 12.6 Å². The number of aliphatic hydroxyl groups excluding tert-OH is 1. The first-order valence-corrected chi connectivity index (χ1v) is 11.8. The van der Waals surface area contributed by atoms with Crippen LogP contribution in [0.5, 0.6) is 0 Å². The Morgan fingerprint density at radius 3 is 2.56 bits per heavy atom. The molecule has 8 nitrogen and oxygen atoms in total. The SMILES string of the molecule is C=CCN(C(=O)C1N([C@@H](CC)CO)C(=O)[C@@H]2[C@H](C(=O)OCC)[C@@]3(C)OC12CC3C)C(C)C. The van der Waals surface area contributed by atoms with Crippen molar-refractivity contribution in [2.24, 2.45) is 17.8 Å². The van der Waals surface area contributed by atoms with Gasteiger partial charge in [0.25, 0.3) is 0 Å². The van der Waals surface area contributed by atoms with Crippen molar-refractivity contribution in [3.63, 3.8) is 0 Å². The third kappa shape index (κ3) is 3.29. The Labute approximate surface area is 190 Å². The molecule has 0 aromatic carbocycles. The van der Waals surface area contributed by atoms with E-state index in [-0.39, 0.29) is 37.0 Å². The molecule has 3 unspecified atom stereocenters. The molecule has 0 radical (unpaired) electrons. The Morgan fingerprint density at radius 1 is 1.41 bits per heavy atom. The van der Waals surface area contributed by atoms with Crippen LogP contribution in [0.3, 0.4) is 0 Å². The average molecular weight is 451 g/mol. The fraction of sp³-hybridized carbons (Fsp3) is 0.792. The maximum Gasteiger partial charge on any atom is 0.312 e. The van der Waals surface area contributed by atoms with Crippen molar-refractivity contribution in [3.8, 4) is 0 Å². The lowest BCUT2D eigenvalue weighted by Crippen LogP contribution is -2.59. The van der Waals surface area contributed by atoms with Crippen LogP contribution in [0.25, 0.3) is 0 Å². The molecule has 180 valence electrons. The highest BCUT2D eigenvalue weighted by Crippen LogP contribution is 2.65. The summed E-state index contributed by atoms with van der Waals surface area (Å²) in [5, 5.41) is 10.1. The first-order chi connectivity index (χ1) is 15.0. The van der Waals surface area contributed by atoms with Gasteiger partial charge in [-0.3, -0.25) is 14.4 Å². The Kier molecular flexibility index (Phi) is 6.78. The second-order valence-electron chi connectivity index (χ2n) is 9.82. The fourth-order valence-corrected chi connectivity index (χ4v) is 6.20. The number of hydrogen-bond donors (Lipinski definition) is 1. The molecule has 0 saturated carbocycles. The largest absolute Gasteiger partial charge is 0.466 e. The van der Waals surface area contributed by atoms with Crippen molar-refractivity contribution in [3.05, 3.63) is 12.7 Å². The molecule has 3 aliphatic rings. The zero-order valence-electron chi connectivity index (χ0n) is 20.2. The summed E-state index contributed by atoms with van der Waals surface area (Å²) in [5.74, 6) is -2.64. The first kappa shape index (κ1) is 24.7. The zero-order valence-corrected chi connectivity index (χ0v) is 20.2. The van der Waals surface area contributed by atoms with Gasteiger partial charge in [0.2, 0.25) is 11.8 Å². The van der Waals surface area contributed by atoms with Crippen LogP contribution in [0, 0.1) is 17.8 Å². The number of esters is 1. The van der Waals surface area contributed by atoms with E-state index in [9.17, 15) is 19.5 Å². The molecular formula is C24H38N2O6. The van der Waals surface area contributed by atoms with E-state index >= 15 is 0 Å². The predicted molar refractivity (Wildman–Crippen MR) is 118 cm³/mol. The highest BCUT2D eigenvalue weighted by molar-refractivity contribution is 5.99. The number of rotatable bonds is 9. The van der Waals surface area contributed by atoms with E-state index in [0.717, 1.165) is 0 Å². The maximum atomic E-state index is 14.0. The molecular weight excluding hydrogens is 412 g/mol. The molecule has 1 N–H and O–H groups in total. The topological polar surface area (TPSA) is 96.4 Å². The monoisotopic (exact) mass is 450 g/mol. The van der Waals surface area contributed by atoms with Gasteiger partial charge in [-0.05, 0) is 46.5 Å². The van der Waals surface area contributed by atoms with Crippen LogP contribution in [0.4, 0.5) is 0 Å². The molecule has 3 saturated heterocycles. The molecule has 2 bridgehead atoms. The van der Waals surface area contributed by atoms with E-state index in [2.05, 4.69) is 6.58 Å². The van der Waals surface area contributed by atoms with E-state index in [0.29, 0.717) is 19.4 Å². The number of carbonyl (C=O) groups is 3. The van der Waals surface area contributed by atoms with Gasteiger partial charge in [-0.1, -0.05) is 19.9 Å². The summed E-state index contributed by atoms with van der Waals surface area (Å²) in [6, 6.07) is -1.57. The smallest absolute Gasteiger partial charge is 0.312 e. The number of ether oxygens (including phenoxy) is 2. The van der Waals surface area contributed by atoms with E-state index in [4.69, 9.17) is 9.47 Å². The third-order valence-corrected chi connectivity index (χ3v) is 7.83. The summed E-state index contributed by atoms with van der Waals surface area (Å²) in [4.78, 5) is 44.2. The Balaban J connectivity index is 2.18. The highest BCUT2D eigenvalue weighted by atomic mass is 16.6. The normalized spacial score (nSPS) is 36.4. The van der Waals surface area contributed by atoms with Gasteiger partial charge in [-0.2, -0.15) is 0 Å².